The van der Waals surface area contributed by atoms with Gasteiger partial charge in [0.25, 0.3) is 0 Å². The monoisotopic (exact) mass is 412 g/mol. The molecule has 152 valence electrons. The Morgan fingerprint density at radius 2 is 1.85 bits per heavy atom. The van der Waals surface area contributed by atoms with Crippen LogP contribution in [0.25, 0.3) is 0 Å². The molecule has 0 saturated heterocycles. The highest BCUT2D eigenvalue weighted by molar-refractivity contribution is 7.87. The molecule has 0 N–H and O–H groups in total. The van der Waals surface area contributed by atoms with Crippen molar-refractivity contribution in [3.8, 4) is 11.8 Å². The van der Waals surface area contributed by atoms with Crippen LogP contribution >= 0.6 is 0 Å². The van der Waals surface area contributed by atoms with Gasteiger partial charge in [0.2, 0.25) is 11.8 Å². The maximum absolute atomic E-state index is 12.6. The van der Waals surface area contributed by atoms with Gasteiger partial charge in [-0.05, 0) is 26.2 Å². The SMILES string of the molecule is CCCCOC(=O)COc1nc(C2CC2)nc(OS(=O)(=O)C(F)(F)F)c1C. The molecule has 12 heteroatoms. The molecule has 1 heterocycles. The van der Waals surface area contributed by atoms with E-state index >= 15 is 0 Å². The Kier molecular flexibility index (Phi) is 6.50. The third-order valence-electron chi connectivity index (χ3n) is 3.58. The van der Waals surface area contributed by atoms with Gasteiger partial charge in [0.05, 0.1) is 12.2 Å². The smallest absolute Gasteiger partial charge is 0.465 e. The summed E-state index contributed by atoms with van der Waals surface area (Å²) in [5.74, 6) is -1.71. The summed E-state index contributed by atoms with van der Waals surface area (Å²) in [5, 5.41) is 0. The summed E-state index contributed by atoms with van der Waals surface area (Å²) < 4.78 is 74.5. The van der Waals surface area contributed by atoms with Crippen molar-refractivity contribution in [1.29, 1.82) is 0 Å². The second kappa shape index (κ2) is 8.28. The van der Waals surface area contributed by atoms with Crippen LogP contribution in [0.3, 0.4) is 0 Å². The molecule has 0 atom stereocenters. The van der Waals surface area contributed by atoms with Gasteiger partial charge >= 0.3 is 21.6 Å². The van der Waals surface area contributed by atoms with E-state index in [9.17, 15) is 26.4 Å². The van der Waals surface area contributed by atoms with Gasteiger partial charge in [0.15, 0.2) is 6.61 Å². The number of unbranched alkanes of at least 4 members (excludes halogenated alkanes) is 1. The lowest BCUT2D eigenvalue weighted by Gasteiger charge is -2.14. The minimum atomic E-state index is -5.90. The van der Waals surface area contributed by atoms with Crippen LogP contribution in [0.4, 0.5) is 13.2 Å². The topological polar surface area (TPSA) is 105 Å². The molecule has 2 rings (SSSR count). The van der Waals surface area contributed by atoms with Crippen molar-refractivity contribution < 1.29 is 40.0 Å². The number of hydrogen-bond acceptors (Lipinski definition) is 8. The van der Waals surface area contributed by atoms with E-state index in [1.807, 2.05) is 6.92 Å². The molecule has 0 radical (unpaired) electrons. The van der Waals surface area contributed by atoms with Crippen LogP contribution in [-0.2, 0) is 19.6 Å². The Morgan fingerprint density at radius 3 is 2.41 bits per heavy atom. The first-order valence-electron chi connectivity index (χ1n) is 8.23. The largest absolute Gasteiger partial charge is 0.534 e. The third kappa shape index (κ3) is 5.68. The van der Waals surface area contributed by atoms with Crippen molar-refractivity contribution in [3.05, 3.63) is 11.4 Å². The molecule has 8 nitrogen and oxygen atoms in total. The number of carbonyl (C=O) groups is 1. The summed E-state index contributed by atoms with van der Waals surface area (Å²) in [6, 6.07) is 0. The summed E-state index contributed by atoms with van der Waals surface area (Å²) in [5.41, 5.74) is -5.78. The van der Waals surface area contributed by atoms with Crippen molar-refractivity contribution in [1.82, 2.24) is 9.97 Å². The van der Waals surface area contributed by atoms with E-state index in [-0.39, 0.29) is 29.8 Å². The van der Waals surface area contributed by atoms with Gasteiger partial charge < -0.3 is 13.7 Å². The Bertz CT molecular complexity index is 793. The van der Waals surface area contributed by atoms with E-state index < -0.39 is 34.1 Å². The van der Waals surface area contributed by atoms with Gasteiger partial charge in [-0.25, -0.2) is 4.79 Å². The van der Waals surface area contributed by atoms with Crippen molar-refractivity contribution in [2.75, 3.05) is 13.2 Å². The average Bonchev–Trinajstić information content (AvgIpc) is 3.39. The quantitative estimate of drug-likeness (QED) is 0.264. The summed E-state index contributed by atoms with van der Waals surface area (Å²) >= 11 is 0. The molecule has 27 heavy (non-hydrogen) atoms. The number of nitrogens with zero attached hydrogens (tertiary/aromatic N) is 2. The van der Waals surface area contributed by atoms with Crippen molar-refractivity contribution in [2.24, 2.45) is 0 Å². The lowest BCUT2D eigenvalue weighted by molar-refractivity contribution is -0.146. The molecule has 1 aromatic rings. The summed E-state index contributed by atoms with van der Waals surface area (Å²) in [4.78, 5) is 19.4. The zero-order valence-electron chi connectivity index (χ0n) is 14.7. The minimum Gasteiger partial charge on any atom is -0.465 e. The van der Waals surface area contributed by atoms with Gasteiger partial charge in [-0.2, -0.15) is 31.6 Å². The second-order valence-electron chi connectivity index (χ2n) is 5.94. The number of hydrogen-bond donors (Lipinski definition) is 0. The molecule has 1 aromatic heterocycles. The Morgan fingerprint density at radius 1 is 1.22 bits per heavy atom. The molecule has 1 aliphatic carbocycles. The van der Waals surface area contributed by atoms with Crippen LogP contribution in [0.5, 0.6) is 11.8 Å². The van der Waals surface area contributed by atoms with Gasteiger partial charge in [0.1, 0.15) is 5.82 Å². The first kappa shape index (κ1) is 21.2. The maximum Gasteiger partial charge on any atom is 0.534 e. The van der Waals surface area contributed by atoms with Crippen LogP contribution in [0.2, 0.25) is 0 Å². The number of ether oxygens (including phenoxy) is 2. The number of aromatic nitrogens is 2. The fourth-order valence-electron chi connectivity index (χ4n) is 1.89. The lowest BCUT2D eigenvalue weighted by atomic mass is 10.3. The predicted octanol–water partition coefficient (Wildman–Crippen LogP) is 2.61. The minimum absolute atomic E-state index is 0.0994. The van der Waals surface area contributed by atoms with Crippen molar-refractivity contribution in [3.63, 3.8) is 0 Å². The zero-order valence-corrected chi connectivity index (χ0v) is 15.5. The fraction of sp³-hybridized carbons (Fsp3) is 0.667. The molecule has 0 aliphatic heterocycles. The van der Waals surface area contributed by atoms with Crippen LogP contribution in [-0.4, -0.2) is 43.1 Å². The second-order valence-corrected chi connectivity index (χ2v) is 7.48. The highest BCUT2D eigenvalue weighted by Gasteiger charge is 2.49. The van der Waals surface area contributed by atoms with E-state index in [0.29, 0.717) is 19.3 Å². The Labute approximate surface area is 154 Å². The number of halogens is 3. The first-order valence-corrected chi connectivity index (χ1v) is 9.63. The maximum atomic E-state index is 12.6. The van der Waals surface area contributed by atoms with E-state index in [1.54, 1.807) is 0 Å². The van der Waals surface area contributed by atoms with Gasteiger partial charge in [-0.15, -0.1) is 0 Å². The van der Waals surface area contributed by atoms with Gasteiger partial charge in [-0.1, -0.05) is 13.3 Å². The molecule has 0 bridgehead atoms. The third-order valence-corrected chi connectivity index (χ3v) is 4.52. The lowest BCUT2D eigenvalue weighted by Crippen LogP contribution is -2.29. The molecule has 0 amide bonds. The summed E-state index contributed by atoms with van der Waals surface area (Å²) in [6.07, 6.45) is 2.91. The summed E-state index contributed by atoms with van der Waals surface area (Å²) in [6.45, 7) is 2.84. The standard InChI is InChI=1S/C15H19F3N2O6S/c1-3-4-7-24-11(21)8-25-13-9(2)14(20-12(19-13)10-5-6-10)26-27(22,23)15(16,17)18/h10H,3-8H2,1-2H3. The first-order chi connectivity index (χ1) is 12.5. The molecule has 0 aromatic carbocycles. The average molecular weight is 412 g/mol. The Balaban J connectivity index is 2.20. The normalized spacial score (nSPS) is 14.7. The molecule has 1 aliphatic rings. The van der Waals surface area contributed by atoms with Crippen LogP contribution in [0, 0.1) is 6.92 Å². The highest BCUT2D eigenvalue weighted by Crippen LogP contribution is 2.41. The fourth-order valence-corrected chi connectivity index (χ4v) is 2.35. The Hall–Kier alpha value is -2.11. The molecule has 1 saturated carbocycles. The van der Waals surface area contributed by atoms with Gasteiger partial charge in [-0.3, -0.25) is 0 Å². The van der Waals surface area contributed by atoms with E-state index in [2.05, 4.69) is 14.2 Å². The van der Waals surface area contributed by atoms with Crippen LogP contribution < -0.4 is 8.92 Å². The van der Waals surface area contributed by atoms with E-state index in [1.165, 1.54) is 6.92 Å². The van der Waals surface area contributed by atoms with Crippen LogP contribution in [0.1, 0.15) is 49.9 Å². The molecular weight excluding hydrogens is 393 g/mol. The molecular formula is C15H19F3N2O6S. The van der Waals surface area contributed by atoms with Crippen molar-refractivity contribution in [2.45, 2.75) is 51.0 Å². The zero-order chi connectivity index (χ0) is 20.2. The molecule has 0 spiro atoms. The van der Waals surface area contributed by atoms with Gasteiger partial charge in [0, 0.05) is 5.92 Å². The van der Waals surface area contributed by atoms with Crippen molar-refractivity contribution >= 4 is 16.1 Å². The number of rotatable bonds is 9. The van der Waals surface area contributed by atoms with E-state index in [4.69, 9.17) is 9.47 Å². The number of carbonyl (C=O) groups excluding carboxylic acids is 1. The molecule has 1 fully saturated rings. The van der Waals surface area contributed by atoms with Crippen LogP contribution in [0.15, 0.2) is 0 Å². The van der Waals surface area contributed by atoms with E-state index in [0.717, 1.165) is 6.42 Å². The number of alkyl halides is 3. The highest BCUT2D eigenvalue weighted by atomic mass is 32.2. The number of esters is 1. The molecule has 0 unspecified atom stereocenters. The predicted molar refractivity (Wildman–Crippen MR) is 85.7 cm³/mol. The summed E-state index contributed by atoms with van der Waals surface area (Å²) in [7, 11) is -5.90.